The van der Waals surface area contributed by atoms with E-state index in [1.807, 2.05) is 60.7 Å². The van der Waals surface area contributed by atoms with Crippen LogP contribution in [0.3, 0.4) is 0 Å². The average molecular weight is 344 g/mol. The van der Waals surface area contributed by atoms with E-state index in [-0.39, 0.29) is 12.2 Å². The van der Waals surface area contributed by atoms with E-state index in [1.54, 1.807) is 0 Å². The second kappa shape index (κ2) is 8.13. The van der Waals surface area contributed by atoms with E-state index in [2.05, 4.69) is 26.3 Å². The van der Waals surface area contributed by atoms with Gasteiger partial charge in [0.05, 0.1) is 13.2 Å². The molecule has 0 saturated carbocycles. The fraction of sp³-hybridized carbons (Fsp3) is 0.167. The Morgan fingerprint density at radius 2 is 0.923 bits per heavy atom. The highest BCUT2D eigenvalue weighted by Gasteiger charge is 2.25. The molecule has 0 spiro atoms. The molecule has 1 saturated heterocycles. The Morgan fingerprint density at radius 1 is 0.577 bits per heavy atom. The zero-order valence-corrected chi connectivity index (χ0v) is 15.0. The van der Waals surface area contributed by atoms with Gasteiger partial charge in [0.25, 0.3) is 0 Å². The Hall–Kier alpha value is -2.68. The summed E-state index contributed by atoms with van der Waals surface area (Å²) in [5, 5.41) is 0. The number of ether oxygens (including phenoxy) is 2. The Kier molecular flexibility index (Phi) is 5.67. The number of benzene rings is 2. The van der Waals surface area contributed by atoms with Crippen LogP contribution in [0.4, 0.5) is 0 Å². The van der Waals surface area contributed by atoms with Crippen molar-refractivity contribution in [1.29, 1.82) is 0 Å². The summed E-state index contributed by atoms with van der Waals surface area (Å²) >= 11 is 0. The van der Waals surface area contributed by atoms with Crippen molar-refractivity contribution in [2.75, 3.05) is 13.2 Å². The van der Waals surface area contributed by atoms with Crippen LogP contribution in [0.15, 0.2) is 109 Å². The SMILES string of the molecule is C=C1CO[C@H](c2ccccc2)C(=C)C(=C)CO[C@@H](c2ccccc2)C1=C. The van der Waals surface area contributed by atoms with Crippen LogP contribution < -0.4 is 0 Å². The van der Waals surface area contributed by atoms with Crippen LogP contribution in [-0.4, -0.2) is 13.2 Å². The van der Waals surface area contributed by atoms with Gasteiger partial charge in [0.2, 0.25) is 0 Å². The predicted octanol–water partition coefficient (Wildman–Crippen LogP) is 5.74. The topological polar surface area (TPSA) is 18.5 Å². The molecular weight excluding hydrogens is 320 g/mol. The van der Waals surface area contributed by atoms with Gasteiger partial charge in [-0.3, -0.25) is 0 Å². The van der Waals surface area contributed by atoms with Crippen LogP contribution >= 0.6 is 0 Å². The lowest BCUT2D eigenvalue weighted by molar-refractivity contribution is 0.0696. The van der Waals surface area contributed by atoms with E-state index in [0.717, 1.165) is 33.4 Å². The van der Waals surface area contributed by atoms with Gasteiger partial charge in [-0.15, -0.1) is 0 Å². The van der Waals surface area contributed by atoms with Crippen LogP contribution in [0, 0.1) is 0 Å². The monoisotopic (exact) mass is 344 g/mol. The second-order valence-electron chi connectivity index (χ2n) is 6.46. The average Bonchev–Trinajstić information content (AvgIpc) is 2.68. The largest absolute Gasteiger partial charge is 0.364 e. The van der Waals surface area contributed by atoms with Crippen molar-refractivity contribution in [3.8, 4) is 0 Å². The van der Waals surface area contributed by atoms with Crippen LogP contribution in [0.5, 0.6) is 0 Å². The molecule has 1 heterocycles. The number of rotatable bonds is 2. The molecule has 26 heavy (non-hydrogen) atoms. The summed E-state index contributed by atoms with van der Waals surface area (Å²) in [6.07, 6.45) is -0.546. The minimum absolute atomic E-state index is 0.273. The summed E-state index contributed by atoms with van der Waals surface area (Å²) in [6.45, 7) is 17.5. The van der Waals surface area contributed by atoms with E-state index in [9.17, 15) is 0 Å². The first-order valence-electron chi connectivity index (χ1n) is 8.65. The van der Waals surface area contributed by atoms with E-state index in [4.69, 9.17) is 9.47 Å². The molecule has 2 aromatic rings. The van der Waals surface area contributed by atoms with Gasteiger partial charge in [0.1, 0.15) is 12.2 Å². The molecule has 132 valence electrons. The first kappa shape index (κ1) is 18.1. The fourth-order valence-corrected chi connectivity index (χ4v) is 2.98. The maximum absolute atomic E-state index is 6.18. The van der Waals surface area contributed by atoms with Gasteiger partial charge in [0, 0.05) is 0 Å². The van der Waals surface area contributed by atoms with Crippen molar-refractivity contribution in [2.24, 2.45) is 0 Å². The molecule has 2 aromatic carbocycles. The molecule has 1 fully saturated rings. The molecule has 1 aliphatic rings. The summed E-state index contributed by atoms with van der Waals surface area (Å²) < 4.78 is 12.4. The molecule has 2 heteroatoms. The van der Waals surface area contributed by atoms with Gasteiger partial charge in [0.15, 0.2) is 0 Å². The van der Waals surface area contributed by atoms with E-state index in [1.165, 1.54) is 0 Å². The Labute approximate surface area is 155 Å². The minimum atomic E-state index is -0.273. The maximum Gasteiger partial charge on any atom is 0.108 e. The van der Waals surface area contributed by atoms with E-state index in [0.29, 0.717) is 13.2 Å². The highest BCUT2D eigenvalue weighted by molar-refractivity contribution is 5.40. The van der Waals surface area contributed by atoms with Crippen molar-refractivity contribution in [1.82, 2.24) is 0 Å². The normalized spacial score (nSPS) is 22.3. The van der Waals surface area contributed by atoms with Gasteiger partial charge < -0.3 is 9.47 Å². The molecule has 0 aromatic heterocycles. The van der Waals surface area contributed by atoms with Gasteiger partial charge >= 0.3 is 0 Å². The highest BCUT2D eigenvalue weighted by atomic mass is 16.5. The van der Waals surface area contributed by atoms with Crippen LogP contribution in [0.2, 0.25) is 0 Å². The molecule has 3 rings (SSSR count). The lowest BCUT2D eigenvalue weighted by Crippen LogP contribution is -2.19. The molecule has 0 aliphatic carbocycles. The van der Waals surface area contributed by atoms with Crippen molar-refractivity contribution in [3.05, 3.63) is 120 Å². The van der Waals surface area contributed by atoms with Crippen LogP contribution in [0.1, 0.15) is 23.3 Å². The van der Waals surface area contributed by atoms with Crippen molar-refractivity contribution in [3.63, 3.8) is 0 Å². The quantitative estimate of drug-likeness (QED) is 0.691. The smallest absolute Gasteiger partial charge is 0.108 e. The zero-order chi connectivity index (χ0) is 18.5. The third-order valence-corrected chi connectivity index (χ3v) is 4.59. The maximum atomic E-state index is 6.18. The summed E-state index contributed by atoms with van der Waals surface area (Å²) in [5.41, 5.74) is 5.36. The molecule has 0 unspecified atom stereocenters. The van der Waals surface area contributed by atoms with Crippen molar-refractivity contribution >= 4 is 0 Å². The summed E-state index contributed by atoms with van der Waals surface area (Å²) in [5.74, 6) is 0. The summed E-state index contributed by atoms with van der Waals surface area (Å²) in [4.78, 5) is 0. The number of hydrogen-bond donors (Lipinski definition) is 0. The zero-order valence-electron chi connectivity index (χ0n) is 15.0. The third kappa shape index (κ3) is 3.93. The van der Waals surface area contributed by atoms with Gasteiger partial charge in [-0.2, -0.15) is 0 Å². The Balaban J connectivity index is 1.88. The van der Waals surface area contributed by atoms with E-state index < -0.39 is 0 Å². The van der Waals surface area contributed by atoms with Crippen molar-refractivity contribution < 1.29 is 9.47 Å². The Morgan fingerprint density at radius 3 is 1.27 bits per heavy atom. The number of hydrogen-bond acceptors (Lipinski definition) is 2. The standard InChI is InChI=1S/C24H24O2/c1-17-15-25-24(22-13-9-6-10-14-22)20(4)18(2)16-26-23(19(17)3)21-11-7-5-8-12-21/h5-14,23-24H,1-4,15-16H2/t23-,24+. The molecule has 0 bridgehead atoms. The molecular formula is C24H24O2. The second-order valence-corrected chi connectivity index (χ2v) is 6.46. The van der Waals surface area contributed by atoms with Gasteiger partial charge in [-0.25, -0.2) is 0 Å². The molecule has 0 amide bonds. The summed E-state index contributed by atoms with van der Waals surface area (Å²) in [7, 11) is 0. The van der Waals surface area contributed by atoms with Crippen molar-refractivity contribution in [2.45, 2.75) is 12.2 Å². The first-order valence-corrected chi connectivity index (χ1v) is 8.65. The molecule has 2 atom stereocenters. The van der Waals surface area contributed by atoms with Gasteiger partial charge in [-0.05, 0) is 33.4 Å². The molecule has 0 N–H and O–H groups in total. The van der Waals surface area contributed by atoms with Crippen LogP contribution in [0.25, 0.3) is 0 Å². The fourth-order valence-electron chi connectivity index (χ4n) is 2.98. The van der Waals surface area contributed by atoms with E-state index >= 15 is 0 Å². The molecule has 0 radical (unpaired) electrons. The Bertz CT molecular complexity index is 746. The first-order chi connectivity index (χ1) is 12.6. The van der Waals surface area contributed by atoms with Crippen LogP contribution in [-0.2, 0) is 9.47 Å². The summed E-state index contributed by atoms with van der Waals surface area (Å²) in [6, 6.07) is 20.0. The predicted molar refractivity (Wildman–Crippen MR) is 107 cm³/mol. The third-order valence-electron chi connectivity index (χ3n) is 4.59. The molecule has 2 nitrogen and oxygen atoms in total. The highest BCUT2D eigenvalue weighted by Crippen LogP contribution is 2.35. The lowest BCUT2D eigenvalue weighted by atomic mass is 9.94. The molecule has 1 aliphatic heterocycles. The van der Waals surface area contributed by atoms with Gasteiger partial charge in [-0.1, -0.05) is 87.0 Å². The minimum Gasteiger partial charge on any atom is -0.364 e. The lowest BCUT2D eigenvalue weighted by Gasteiger charge is -2.29.